The molecule has 0 bridgehead atoms. The van der Waals surface area contributed by atoms with Gasteiger partial charge in [0.2, 0.25) is 6.04 Å². The molecule has 0 aromatic carbocycles. The van der Waals surface area contributed by atoms with E-state index in [1.165, 1.54) is 13.2 Å². The molecule has 0 unspecified atom stereocenters. The smallest absolute Gasteiger partial charge is 0.330 e. The molecular weight excluding hydrogens is 142 g/mol. The molecule has 0 radical (unpaired) electrons. The Morgan fingerprint density at radius 3 is 2.91 bits per heavy atom. The minimum absolute atomic E-state index is 0.103. The maximum atomic E-state index is 10.6. The normalized spacial score (nSPS) is 21.5. The number of esters is 1. The largest absolute Gasteiger partial charge is 0.466 e. The minimum Gasteiger partial charge on any atom is -0.466 e. The molecule has 0 aromatic heterocycles. The second-order valence-corrected chi connectivity index (χ2v) is 2.52. The van der Waals surface area contributed by atoms with Crippen molar-refractivity contribution in [1.29, 1.82) is 0 Å². The van der Waals surface area contributed by atoms with Gasteiger partial charge in [0.25, 0.3) is 0 Å². The molecule has 0 heterocycles. The molecule has 0 aromatic rings. The van der Waals surface area contributed by atoms with Crippen LogP contribution in [0, 0.1) is 6.57 Å². The van der Waals surface area contributed by atoms with Crippen LogP contribution in [0.5, 0.6) is 0 Å². The number of methoxy groups -OCH3 is 1. The number of rotatable bonds is 1. The van der Waals surface area contributed by atoms with Gasteiger partial charge in [0, 0.05) is 18.9 Å². The van der Waals surface area contributed by atoms with Crippen molar-refractivity contribution in [2.75, 3.05) is 7.11 Å². The van der Waals surface area contributed by atoms with Gasteiger partial charge < -0.3 is 9.58 Å². The molecule has 0 aliphatic heterocycles. The van der Waals surface area contributed by atoms with Crippen LogP contribution in [0.3, 0.4) is 0 Å². The summed E-state index contributed by atoms with van der Waals surface area (Å²) in [6.45, 7) is 6.66. The predicted octanol–water partition coefficient (Wildman–Crippen LogP) is 1.17. The van der Waals surface area contributed by atoms with E-state index < -0.39 is 0 Å². The Morgan fingerprint density at radius 2 is 2.45 bits per heavy atom. The summed E-state index contributed by atoms with van der Waals surface area (Å²) in [6.07, 6.45) is 2.94. The Balaban J connectivity index is 2.38. The zero-order valence-electron chi connectivity index (χ0n) is 6.33. The molecule has 0 spiro atoms. The van der Waals surface area contributed by atoms with Crippen LogP contribution in [0.2, 0.25) is 0 Å². The standard InChI is InChI=1S/C8H9NO2/c1-9-7-3-6(4-7)5-8(10)11-2/h5,7H,3-4H2,2H3. The predicted molar refractivity (Wildman–Crippen MR) is 39.7 cm³/mol. The highest BCUT2D eigenvalue weighted by Crippen LogP contribution is 2.28. The molecule has 1 aliphatic rings. The van der Waals surface area contributed by atoms with Crippen molar-refractivity contribution in [3.05, 3.63) is 23.1 Å². The van der Waals surface area contributed by atoms with Gasteiger partial charge in [0.1, 0.15) is 0 Å². The summed E-state index contributed by atoms with van der Waals surface area (Å²) in [5.74, 6) is -0.316. The first-order chi connectivity index (χ1) is 5.26. The van der Waals surface area contributed by atoms with Gasteiger partial charge in [-0.15, -0.1) is 0 Å². The van der Waals surface area contributed by atoms with Crippen molar-refractivity contribution in [3.8, 4) is 0 Å². The molecule has 58 valence electrons. The molecule has 1 saturated carbocycles. The van der Waals surface area contributed by atoms with Crippen molar-refractivity contribution < 1.29 is 9.53 Å². The molecule has 11 heavy (non-hydrogen) atoms. The van der Waals surface area contributed by atoms with Crippen molar-refractivity contribution in [2.45, 2.75) is 18.9 Å². The van der Waals surface area contributed by atoms with E-state index >= 15 is 0 Å². The first-order valence-corrected chi connectivity index (χ1v) is 3.40. The molecule has 1 rings (SSSR count). The Kier molecular flexibility index (Phi) is 2.27. The van der Waals surface area contributed by atoms with Crippen LogP contribution in [-0.2, 0) is 9.53 Å². The lowest BCUT2D eigenvalue weighted by Gasteiger charge is -2.17. The van der Waals surface area contributed by atoms with Crippen LogP contribution in [0.25, 0.3) is 4.85 Å². The summed E-state index contributed by atoms with van der Waals surface area (Å²) in [5, 5.41) is 0. The zero-order chi connectivity index (χ0) is 8.27. The van der Waals surface area contributed by atoms with Crippen molar-refractivity contribution >= 4 is 5.97 Å². The van der Waals surface area contributed by atoms with Crippen LogP contribution in [0.1, 0.15) is 12.8 Å². The van der Waals surface area contributed by atoms with Crippen LogP contribution >= 0.6 is 0 Å². The molecule has 3 heteroatoms. The van der Waals surface area contributed by atoms with E-state index in [0.717, 1.165) is 18.4 Å². The van der Waals surface area contributed by atoms with E-state index in [9.17, 15) is 4.79 Å². The fourth-order valence-corrected chi connectivity index (χ4v) is 0.980. The molecule has 0 atom stereocenters. The second kappa shape index (κ2) is 3.20. The lowest BCUT2D eigenvalue weighted by molar-refractivity contribution is -0.134. The molecule has 0 N–H and O–H groups in total. The summed E-state index contributed by atoms with van der Waals surface area (Å²) in [7, 11) is 1.35. The lowest BCUT2D eigenvalue weighted by atomic mass is 9.87. The summed E-state index contributed by atoms with van der Waals surface area (Å²) in [5.41, 5.74) is 1.03. The van der Waals surface area contributed by atoms with Crippen LogP contribution < -0.4 is 0 Å². The third kappa shape index (κ3) is 1.81. The molecular formula is C8H9NO2. The Hall–Kier alpha value is -1.30. The fraction of sp³-hybridized carbons (Fsp3) is 0.500. The molecule has 1 fully saturated rings. The number of hydrogen-bond donors (Lipinski definition) is 0. The van der Waals surface area contributed by atoms with E-state index in [1.807, 2.05) is 0 Å². The van der Waals surface area contributed by atoms with Crippen molar-refractivity contribution in [3.63, 3.8) is 0 Å². The van der Waals surface area contributed by atoms with Crippen LogP contribution in [0.4, 0.5) is 0 Å². The number of carbonyl (C=O) groups excluding carboxylic acids is 1. The van der Waals surface area contributed by atoms with E-state index in [2.05, 4.69) is 9.58 Å². The Morgan fingerprint density at radius 1 is 1.82 bits per heavy atom. The minimum atomic E-state index is -0.316. The van der Waals surface area contributed by atoms with E-state index in [0.29, 0.717) is 0 Å². The third-order valence-corrected chi connectivity index (χ3v) is 1.70. The maximum Gasteiger partial charge on any atom is 0.330 e. The summed E-state index contributed by atoms with van der Waals surface area (Å²) >= 11 is 0. The quantitative estimate of drug-likeness (QED) is 0.320. The maximum absolute atomic E-state index is 10.6. The van der Waals surface area contributed by atoms with Gasteiger partial charge in [0.15, 0.2) is 0 Å². The first kappa shape index (κ1) is 7.80. The first-order valence-electron chi connectivity index (χ1n) is 3.40. The summed E-state index contributed by atoms with van der Waals surface area (Å²) in [6, 6.07) is 0.103. The average Bonchev–Trinajstić information content (AvgIpc) is 1.95. The summed E-state index contributed by atoms with van der Waals surface area (Å²) < 4.78 is 4.43. The van der Waals surface area contributed by atoms with Gasteiger partial charge in [-0.25, -0.2) is 11.4 Å². The van der Waals surface area contributed by atoms with Gasteiger partial charge in [-0.1, -0.05) is 0 Å². The van der Waals surface area contributed by atoms with Crippen molar-refractivity contribution in [1.82, 2.24) is 0 Å². The number of hydrogen-bond acceptors (Lipinski definition) is 2. The van der Waals surface area contributed by atoms with Gasteiger partial charge >= 0.3 is 5.97 Å². The summed E-state index contributed by atoms with van der Waals surface area (Å²) in [4.78, 5) is 14.0. The number of nitrogens with zero attached hydrogens (tertiary/aromatic N) is 1. The van der Waals surface area contributed by atoms with E-state index in [4.69, 9.17) is 6.57 Å². The molecule has 3 nitrogen and oxygen atoms in total. The van der Waals surface area contributed by atoms with E-state index in [1.54, 1.807) is 0 Å². The average molecular weight is 151 g/mol. The van der Waals surface area contributed by atoms with Gasteiger partial charge in [-0.2, -0.15) is 0 Å². The SMILES string of the molecule is [C-]#[N+]C1CC(=CC(=O)OC)C1. The van der Waals surface area contributed by atoms with E-state index in [-0.39, 0.29) is 12.0 Å². The third-order valence-electron chi connectivity index (χ3n) is 1.70. The van der Waals surface area contributed by atoms with Crippen LogP contribution in [-0.4, -0.2) is 19.1 Å². The fourth-order valence-electron chi connectivity index (χ4n) is 0.980. The van der Waals surface area contributed by atoms with Crippen molar-refractivity contribution in [2.24, 2.45) is 0 Å². The molecule has 0 amide bonds. The van der Waals surface area contributed by atoms with Gasteiger partial charge in [-0.3, -0.25) is 0 Å². The second-order valence-electron chi connectivity index (χ2n) is 2.52. The highest BCUT2D eigenvalue weighted by Gasteiger charge is 2.28. The highest BCUT2D eigenvalue weighted by atomic mass is 16.5. The topological polar surface area (TPSA) is 30.7 Å². The number of ether oxygens (including phenoxy) is 1. The van der Waals surface area contributed by atoms with Gasteiger partial charge in [-0.05, 0) is 5.57 Å². The Labute approximate surface area is 65.5 Å². The lowest BCUT2D eigenvalue weighted by Crippen LogP contribution is -2.17. The Bertz CT molecular complexity index is 229. The van der Waals surface area contributed by atoms with Crippen LogP contribution in [0.15, 0.2) is 11.6 Å². The zero-order valence-corrected chi connectivity index (χ0v) is 6.33. The molecule has 1 aliphatic carbocycles. The van der Waals surface area contributed by atoms with Gasteiger partial charge in [0.05, 0.1) is 7.11 Å². The highest BCUT2D eigenvalue weighted by molar-refractivity contribution is 5.83. The number of carbonyl (C=O) groups is 1. The monoisotopic (exact) mass is 151 g/mol. The molecule has 0 saturated heterocycles.